The molecule has 1 aliphatic heterocycles. The molecule has 0 unspecified atom stereocenters. The van der Waals surface area contributed by atoms with E-state index in [1.807, 2.05) is 54.2 Å². The minimum Gasteiger partial charge on any atom is -0.337 e. The number of piperazine rings is 1. The van der Waals surface area contributed by atoms with Crippen molar-refractivity contribution in [2.24, 2.45) is 5.92 Å². The van der Waals surface area contributed by atoms with Gasteiger partial charge in [0.15, 0.2) is 0 Å². The Morgan fingerprint density at radius 2 is 1.57 bits per heavy atom. The van der Waals surface area contributed by atoms with E-state index in [1.165, 1.54) is 0 Å². The average molecular weight is 581 g/mol. The van der Waals surface area contributed by atoms with Crippen LogP contribution >= 0.6 is 0 Å². The first kappa shape index (κ1) is 30.0. The van der Waals surface area contributed by atoms with Crippen LogP contribution in [0.15, 0.2) is 59.5 Å². The maximum absolute atomic E-state index is 13.7. The number of alkyl halides is 3. The minimum atomic E-state index is -4.55. The van der Waals surface area contributed by atoms with Crippen LogP contribution in [-0.4, -0.2) is 81.2 Å². The number of carbonyl (C=O) groups excluding carboxylic acids is 2. The molecule has 1 heterocycles. The molecule has 1 N–H and O–H groups in total. The van der Waals surface area contributed by atoms with Crippen molar-refractivity contribution >= 4 is 21.8 Å². The lowest BCUT2D eigenvalue weighted by atomic mass is 9.85. The Bertz CT molecular complexity index is 1280. The maximum atomic E-state index is 13.7. The van der Waals surface area contributed by atoms with Crippen molar-refractivity contribution in [2.75, 3.05) is 40.3 Å². The Morgan fingerprint density at radius 3 is 2.15 bits per heavy atom. The number of rotatable bonds is 7. The molecule has 0 radical (unpaired) electrons. The largest absolute Gasteiger partial charge is 0.416 e. The van der Waals surface area contributed by atoms with E-state index in [2.05, 4.69) is 4.72 Å². The first-order chi connectivity index (χ1) is 18.8. The fraction of sp³-hybridized carbons (Fsp3) is 0.500. The van der Waals surface area contributed by atoms with Crippen LogP contribution in [0.2, 0.25) is 0 Å². The number of nitrogens with zero attached hydrogens (tertiary/aromatic N) is 3. The van der Waals surface area contributed by atoms with E-state index < -0.39 is 27.8 Å². The summed E-state index contributed by atoms with van der Waals surface area (Å²) >= 11 is 0. The summed E-state index contributed by atoms with van der Waals surface area (Å²) in [6.45, 7) is 1.56. The molecule has 2 amide bonds. The Balaban J connectivity index is 1.39. The molecule has 1 saturated heterocycles. The van der Waals surface area contributed by atoms with Crippen molar-refractivity contribution in [3.8, 4) is 0 Å². The summed E-state index contributed by atoms with van der Waals surface area (Å²) in [5.41, 5.74) is 0.0402. The fourth-order valence-electron chi connectivity index (χ4n) is 5.41. The summed E-state index contributed by atoms with van der Waals surface area (Å²) in [7, 11) is -0.323. The third-order valence-electron chi connectivity index (χ3n) is 7.54. The molecule has 0 spiro atoms. The number of nitrogens with one attached hydrogen (secondary N) is 1. The lowest BCUT2D eigenvalue weighted by Crippen LogP contribution is -2.55. The second-order valence-electron chi connectivity index (χ2n) is 10.7. The number of hydrogen-bond acceptors (Lipinski definition) is 5. The number of hydrogen-bond donors (Lipinski definition) is 1. The second-order valence-corrected chi connectivity index (χ2v) is 12.4. The monoisotopic (exact) mass is 580 g/mol. The summed E-state index contributed by atoms with van der Waals surface area (Å²) in [6.07, 6.45) is -2.70. The van der Waals surface area contributed by atoms with Gasteiger partial charge in [-0.3, -0.25) is 9.59 Å². The number of benzene rings is 2. The molecule has 2 fully saturated rings. The van der Waals surface area contributed by atoms with Crippen molar-refractivity contribution < 1.29 is 31.2 Å². The molecule has 0 aromatic heterocycles. The summed E-state index contributed by atoms with van der Waals surface area (Å²) in [5.74, 6) is -0.265. The van der Waals surface area contributed by atoms with Crippen LogP contribution in [0.4, 0.5) is 13.2 Å². The van der Waals surface area contributed by atoms with Gasteiger partial charge >= 0.3 is 6.18 Å². The molecule has 2 aromatic rings. The van der Waals surface area contributed by atoms with Gasteiger partial charge < -0.3 is 14.7 Å². The van der Waals surface area contributed by atoms with Gasteiger partial charge in [0.25, 0.3) is 0 Å². The molecule has 1 aliphatic carbocycles. The minimum absolute atomic E-state index is 0.00221. The molecule has 218 valence electrons. The van der Waals surface area contributed by atoms with E-state index >= 15 is 0 Å². The van der Waals surface area contributed by atoms with E-state index in [4.69, 9.17) is 0 Å². The van der Waals surface area contributed by atoms with Crippen molar-refractivity contribution in [1.82, 2.24) is 19.4 Å². The number of halogens is 3. The summed E-state index contributed by atoms with van der Waals surface area (Å²) < 4.78 is 66.6. The predicted molar refractivity (Wildman–Crippen MR) is 144 cm³/mol. The van der Waals surface area contributed by atoms with Crippen molar-refractivity contribution in [3.05, 3.63) is 65.7 Å². The van der Waals surface area contributed by atoms with E-state index in [0.717, 1.165) is 29.8 Å². The van der Waals surface area contributed by atoms with Gasteiger partial charge in [-0.25, -0.2) is 13.1 Å². The number of carbonyl (C=O) groups is 2. The van der Waals surface area contributed by atoms with E-state index in [1.54, 1.807) is 4.90 Å². The SMILES string of the molecule is CN(C)CC(=O)N1CCN(C(=O)[C@H]2CC[C@H](NS(=O)(=O)c3ccc(C(F)(F)F)cc3)CC2)[C@@H](c2ccccc2)C1. The van der Waals surface area contributed by atoms with Gasteiger partial charge in [-0.05, 0) is 69.6 Å². The topological polar surface area (TPSA) is 90.0 Å². The smallest absolute Gasteiger partial charge is 0.337 e. The molecule has 0 bridgehead atoms. The lowest BCUT2D eigenvalue weighted by Gasteiger charge is -2.44. The van der Waals surface area contributed by atoms with E-state index in [9.17, 15) is 31.2 Å². The number of likely N-dealkylation sites (N-methyl/N-ethyl adjacent to an activating group) is 1. The highest BCUT2D eigenvalue weighted by atomic mass is 32.2. The fourth-order valence-corrected chi connectivity index (χ4v) is 6.71. The molecule has 8 nitrogen and oxygen atoms in total. The third kappa shape index (κ3) is 7.21. The molecule has 4 rings (SSSR count). The molecular weight excluding hydrogens is 545 g/mol. The summed E-state index contributed by atoms with van der Waals surface area (Å²) in [6, 6.07) is 12.4. The van der Waals surface area contributed by atoms with Crippen LogP contribution in [0, 0.1) is 5.92 Å². The van der Waals surface area contributed by atoms with Gasteiger partial charge in [-0.15, -0.1) is 0 Å². The second kappa shape index (κ2) is 12.3. The highest BCUT2D eigenvalue weighted by molar-refractivity contribution is 7.89. The average Bonchev–Trinajstić information content (AvgIpc) is 2.92. The van der Waals surface area contributed by atoms with E-state index in [-0.39, 0.29) is 28.7 Å². The maximum Gasteiger partial charge on any atom is 0.416 e. The number of amides is 2. The highest BCUT2D eigenvalue weighted by Crippen LogP contribution is 2.33. The molecule has 1 atom stereocenters. The normalized spacial score (nSPS) is 22.4. The standard InChI is InChI=1S/C28H35F3N4O4S/c1-33(2)19-26(36)34-16-17-35(25(18-34)20-6-4-3-5-7-20)27(37)21-8-12-23(13-9-21)32-40(38,39)24-14-10-22(11-15-24)28(29,30)31/h3-7,10-11,14-15,21,23,25,32H,8-9,12-13,16-19H2,1-2H3/t21-,23-,25-/m1/s1. The van der Waals surface area contributed by atoms with Gasteiger partial charge in [0.2, 0.25) is 21.8 Å². The molecule has 12 heteroatoms. The zero-order chi connectivity index (χ0) is 29.1. The van der Waals surface area contributed by atoms with Crippen molar-refractivity contribution in [1.29, 1.82) is 0 Å². The van der Waals surface area contributed by atoms with Crippen LogP contribution in [0.25, 0.3) is 0 Å². The molecule has 2 aromatic carbocycles. The lowest BCUT2D eigenvalue weighted by molar-refractivity contribution is -0.147. The van der Waals surface area contributed by atoms with Gasteiger partial charge in [-0.2, -0.15) is 13.2 Å². The van der Waals surface area contributed by atoms with Gasteiger partial charge in [-0.1, -0.05) is 30.3 Å². The zero-order valence-corrected chi connectivity index (χ0v) is 23.4. The molecular formula is C28H35F3N4O4S. The molecule has 1 saturated carbocycles. The third-order valence-corrected chi connectivity index (χ3v) is 9.08. The Labute approximate surface area is 233 Å². The number of sulfonamides is 1. The van der Waals surface area contributed by atoms with Crippen LogP contribution in [0.5, 0.6) is 0 Å². The van der Waals surface area contributed by atoms with Crippen molar-refractivity contribution in [3.63, 3.8) is 0 Å². The van der Waals surface area contributed by atoms with E-state index in [0.29, 0.717) is 51.9 Å². The summed E-state index contributed by atoms with van der Waals surface area (Å²) in [5, 5.41) is 0. The van der Waals surface area contributed by atoms with Crippen LogP contribution in [0.3, 0.4) is 0 Å². The van der Waals surface area contributed by atoms with Crippen LogP contribution in [0.1, 0.15) is 42.9 Å². The highest BCUT2D eigenvalue weighted by Gasteiger charge is 2.38. The van der Waals surface area contributed by atoms with Gasteiger partial charge in [0.1, 0.15) is 0 Å². The van der Waals surface area contributed by atoms with Crippen molar-refractivity contribution in [2.45, 2.75) is 48.8 Å². The Hall–Kier alpha value is -2.96. The summed E-state index contributed by atoms with van der Waals surface area (Å²) in [4.78, 5) is 31.7. The van der Waals surface area contributed by atoms with Crippen LogP contribution < -0.4 is 4.72 Å². The van der Waals surface area contributed by atoms with Gasteiger partial charge in [0.05, 0.1) is 23.0 Å². The first-order valence-electron chi connectivity index (χ1n) is 13.3. The zero-order valence-electron chi connectivity index (χ0n) is 22.6. The Morgan fingerprint density at radius 1 is 0.950 bits per heavy atom. The van der Waals surface area contributed by atoms with Crippen LogP contribution in [-0.2, 0) is 25.8 Å². The first-order valence-corrected chi connectivity index (χ1v) is 14.8. The predicted octanol–water partition coefficient (Wildman–Crippen LogP) is 3.52. The molecule has 2 aliphatic rings. The Kier molecular flexibility index (Phi) is 9.21. The quantitative estimate of drug-likeness (QED) is 0.542. The molecule has 40 heavy (non-hydrogen) atoms. The van der Waals surface area contributed by atoms with Gasteiger partial charge in [0, 0.05) is 31.6 Å².